The standard InChI is InChI=1S/C46H34N4O/c1-27-9-5-10-28(2)41(27)35-13-7-15-39-43(35)33-19-17-31(25-37(33)45-47-21-23-49(39)45)51-32-18-20-34-38(26-32)46-48-22-24-50(46)40-16-8-14-36(44(34)40)42-29(3)11-6-12-30(42)4/h5-26H,1-4H3. The van der Waals surface area contributed by atoms with Crippen molar-refractivity contribution in [2.75, 3.05) is 0 Å². The van der Waals surface area contributed by atoms with Gasteiger partial charge in [-0.15, -0.1) is 0 Å². The number of fused-ring (bicyclic) bond motifs is 12. The molecule has 4 aromatic heterocycles. The maximum absolute atomic E-state index is 6.70. The van der Waals surface area contributed by atoms with Gasteiger partial charge in [0, 0.05) is 46.3 Å². The number of hydrogen-bond donors (Lipinski definition) is 0. The molecule has 0 spiro atoms. The van der Waals surface area contributed by atoms with Gasteiger partial charge in [0.25, 0.3) is 0 Å². The molecular weight excluding hydrogens is 625 g/mol. The van der Waals surface area contributed by atoms with E-state index in [1.807, 2.05) is 12.4 Å². The summed E-state index contributed by atoms with van der Waals surface area (Å²) < 4.78 is 11.1. The largest absolute Gasteiger partial charge is 0.457 e. The van der Waals surface area contributed by atoms with E-state index < -0.39 is 0 Å². The first kappa shape index (κ1) is 29.5. The summed E-state index contributed by atoms with van der Waals surface area (Å²) in [6.07, 6.45) is 7.86. The Morgan fingerprint density at radius 1 is 0.451 bits per heavy atom. The van der Waals surface area contributed by atoms with Gasteiger partial charge in [-0.3, -0.25) is 8.80 Å². The summed E-state index contributed by atoms with van der Waals surface area (Å²) in [5.74, 6) is 1.51. The van der Waals surface area contributed by atoms with E-state index in [1.165, 1.54) is 55.3 Å². The van der Waals surface area contributed by atoms with Crippen LogP contribution in [0.4, 0.5) is 0 Å². The summed E-state index contributed by atoms with van der Waals surface area (Å²) in [5.41, 5.74) is 14.1. The molecule has 6 aromatic carbocycles. The Balaban J connectivity index is 1.16. The number of imidazole rings is 2. The molecular formula is C46H34N4O. The van der Waals surface area contributed by atoms with Crippen LogP contribution in [0.2, 0.25) is 0 Å². The van der Waals surface area contributed by atoms with Crippen LogP contribution >= 0.6 is 0 Å². The minimum absolute atomic E-state index is 0.757. The van der Waals surface area contributed by atoms with E-state index in [1.54, 1.807) is 0 Å². The highest BCUT2D eigenvalue weighted by Gasteiger charge is 2.19. The molecule has 0 amide bonds. The Hall–Kier alpha value is -6.46. The van der Waals surface area contributed by atoms with Gasteiger partial charge < -0.3 is 4.74 Å². The lowest BCUT2D eigenvalue weighted by Crippen LogP contribution is -1.96. The Morgan fingerprint density at radius 3 is 1.29 bits per heavy atom. The van der Waals surface area contributed by atoms with Crippen LogP contribution in [0.5, 0.6) is 11.5 Å². The van der Waals surface area contributed by atoms with Crippen molar-refractivity contribution in [2.45, 2.75) is 27.7 Å². The zero-order valence-electron chi connectivity index (χ0n) is 28.9. The molecule has 0 saturated heterocycles. The summed E-state index contributed by atoms with van der Waals surface area (Å²) in [5, 5.41) is 6.81. The second kappa shape index (κ2) is 11.0. The van der Waals surface area contributed by atoms with Crippen molar-refractivity contribution in [3.8, 4) is 33.8 Å². The minimum Gasteiger partial charge on any atom is -0.457 e. The summed E-state index contributed by atoms with van der Waals surface area (Å²) in [4.78, 5) is 9.65. The molecule has 0 bridgehead atoms. The summed E-state index contributed by atoms with van der Waals surface area (Å²) in [7, 11) is 0. The lowest BCUT2D eigenvalue weighted by Gasteiger charge is -2.17. The molecule has 244 valence electrons. The highest BCUT2D eigenvalue weighted by Crippen LogP contribution is 2.42. The first-order chi connectivity index (χ1) is 25.0. The summed E-state index contributed by atoms with van der Waals surface area (Å²) in [6, 6.07) is 39.0. The Bertz CT molecular complexity index is 2810. The van der Waals surface area contributed by atoms with Crippen LogP contribution in [0, 0.1) is 27.7 Å². The summed E-state index contributed by atoms with van der Waals surface area (Å²) in [6.45, 7) is 8.77. The minimum atomic E-state index is 0.757. The lowest BCUT2D eigenvalue weighted by molar-refractivity contribution is 0.484. The smallest absolute Gasteiger partial charge is 0.145 e. The fourth-order valence-corrected chi connectivity index (χ4v) is 8.45. The molecule has 0 N–H and O–H groups in total. The predicted octanol–water partition coefficient (Wildman–Crippen LogP) is 12.0. The molecule has 5 nitrogen and oxygen atoms in total. The molecule has 0 fully saturated rings. The van der Waals surface area contributed by atoms with Crippen molar-refractivity contribution in [2.24, 2.45) is 0 Å². The summed E-state index contributed by atoms with van der Waals surface area (Å²) >= 11 is 0. The molecule has 0 unspecified atom stereocenters. The van der Waals surface area contributed by atoms with Crippen molar-refractivity contribution < 1.29 is 4.74 Å². The predicted molar refractivity (Wildman–Crippen MR) is 210 cm³/mol. The Labute approximate surface area is 295 Å². The van der Waals surface area contributed by atoms with Crippen LogP contribution in [0.15, 0.2) is 134 Å². The molecule has 51 heavy (non-hydrogen) atoms. The van der Waals surface area contributed by atoms with Gasteiger partial charge in [-0.25, -0.2) is 9.97 Å². The molecule has 0 aliphatic heterocycles. The number of aromatic nitrogens is 4. The van der Waals surface area contributed by atoms with Gasteiger partial charge in [-0.1, -0.05) is 60.7 Å². The Morgan fingerprint density at radius 2 is 0.863 bits per heavy atom. The van der Waals surface area contributed by atoms with Crippen molar-refractivity contribution in [3.63, 3.8) is 0 Å². The van der Waals surface area contributed by atoms with E-state index >= 15 is 0 Å². The van der Waals surface area contributed by atoms with E-state index in [2.05, 4.69) is 158 Å². The van der Waals surface area contributed by atoms with Gasteiger partial charge in [0.15, 0.2) is 0 Å². The van der Waals surface area contributed by atoms with Gasteiger partial charge in [0.05, 0.1) is 11.0 Å². The van der Waals surface area contributed by atoms with Crippen LogP contribution in [0.1, 0.15) is 22.3 Å². The van der Waals surface area contributed by atoms with E-state index in [4.69, 9.17) is 14.7 Å². The quantitative estimate of drug-likeness (QED) is 0.177. The second-order valence-corrected chi connectivity index (χ2v) is 13.7. The molecule has 0 aliphatic rings. The van der Waals surface area contributed by atoms with Gasteiger partial charge in [-0.05, 0) is 132 Å². The first-order valence-corrected chi connectivity index (χ1v) is 17.4. The fraction of sp³-hybridized carbons (Fsp3) is 0.0870. The maximum Gasteiger partial charge on any atom is 0.145 e. The molecule has 5 heteroatoms. The molecule has 0 saturated carbocycles. The van der Waals surface area contributed by atoms with Crippen LogP contribution in [-0.2, 0) is 0 Å². The highest BCUT2D eigenvalue weighted by atomic mass is 16.5. The zero-order valence-corrected chi connectivity index (χ0v) is 28.9. The van der Waals surface area contributed by atoms with Crippen LogP contribution < -0.4 is 4.74 Å². The van der Waals surface area contributed by atoms with E-state index in [-0.39, 0.29) is 0 Å². The van der Waals surface area contributed by atoms with Crippen molar-refractivity contribution in [1.82, 2.24) is 18.8 Å². The number of hydrogen-bond acceptors (Lipinski definition) is 3. The molecule has 0 aliphatic carbocycles. The van der Waals surface area contributed by atoms with Gasteiger partial charge >= 0.3 is 0 Å². The van der Waals surface area contributed by atoms with Gasteiger partial charge in [0.2, 0.25) is 0 Å². The van der Waals surface area contributed by atoms with E-state index in [0.29, 0.717) is 0 Å². The lowest BCUT2D eigenvalue weighted by atomic mass is 9.91. The monoisotopic (exact) mass is 658 g/mol. The third-order valence-corrected chi connectivity index (χ3v) is 10.6. The number of benzene rings is 6. The van der Waals surface area contributed by atoms with E-state index in [0.717, 1.165) is 55.4 Å². The fourth-order valence-electron chi connectivity index (χ4n) is 8.45. The van der Waals surface area contributed by atoms with Crippen LogP contribution in [0.25, 0.3) is 76.9 Å². The number of aryl methyl sites for hydroxylation is 4. The second-order valence-electron chi connectivity index (χ2n) is 13.7. The van der Waals surface area contributed by atoms with Crippen molar-refractivity contribution in [1.29, 1.82) is 0 Å². The molecule has 10 rings (SSSR count). The van der Waals surface area contributed by atoms with Gasteiger partial charge in [0.1, 0.15) is 22.8 Å². The average Bonchev–Trinajstić information content (AvgIpc) is 3.83. The van der Waals surface area contributed by atoms with Gasteiger partial charge in [-0.2, -0.15) is 0 Å². The van der Waals surface area contributed by atoms with Crippen LogP contribution in [0.3, 0.4) is 0 Å². The first-order valence-electron chi connectivity index (χ1n) is 17.4. The topological polar surface area (TPSA) is 43.8 Å². The molecule has 0 radical (unpaired) electrons. The third-order valence-electron chi connectivity index (χ3n) is 10.6. The number of pyridine rings is 2. The zero-order chi connectivity index (χ0) is 34.4. The molecule has 10 aromatic rings. The van der Waals surface area contributed by atoms with Crippen molar-refractivity contribution >= 4 is 54.6 Å². The highest BCUT2D eigenvalue weighted by molar-refractivity contribution is 6.19. The average molecular weight is 659 g/mol. The third kappa shape index (κ3) is 4.34. The normalized spacial score (nSPS) is 11.9. The number of nitrogens with zero attached hydrogens (tertiary/aromatic N) is 4. The van der Waals surface area contributed by atoms with E-state index in [9.17, 15) is 0 Å². The SMILES string of the molecule is Cc1cccc(C)c1-c1cccc2c1c1ccc(Oc3ccc4c(c3)c3nccn3c3cccc(-c5c(C)cccc5C)c43)cc1c1nccn21. The van der Waals surface area contributed by atoms with Crippen molar-refractivity contribution in [3.05, 3.63) is 156 Å². The number of rotatable bonds is 4. The Kier molecular flexibility index (Phi) is 6.37. The maximum atomic E-state index is 6.70. The van der Waals surface area contributed by atoms with Crippen LogP contribution in [-0.4, -0.2) is 18.8 Å². The molecule has 4 heterocycles. The number of ether oxygens (including phenoxy) is 1. The molecule has 0 atom stereocenters.